The van der Waals surface area contributed by atoms with Crippen LogP contribution in [0, 0.1) is 11.6 Å². The van der Waals surface area contributed by atoms with Gasteiger partial charge in [0.05, 0.1) is 11.4 Å². The number of amides is 1. The van der Waals surface area contributed by atoms with Crippen molar-refractivity contribution in [1.82, 2.24) is 14.8 Å². The van der Waals surface area contributed by atoms with E-state index >= 15 is 0 Å². The highest BCUT2D eigenvalue weighted by Crippen LogP contribution is 2.23. The molecule has 0 atom stereocenters. The molecule has 0 aliphatic carbocycles. The number of hydrogen-bond acceptors (Lipinski definition) is 4. The lowest BCUT2D eigenvalue weighted by Crippen LogP contribution is -2.15. The van der Waals surface area contributed by atoms with E-state index in [2.05, 4.69) is 15.5 Å². The van der Waals surface area contributed by atoms with Gasteiger partial charge in [-0.3, -0.25) is 4.79 Å². The van der Waals surface area contributed by atoms with Crippen LogP contribution in [0.25, 0.3) is 11.4 Å². The van der Waals surface area contributed by atoms with Gasteiger partial charge in [0.2, 0.25) is 5.91 Å². The van der Waals surface area contributed by atoms with Crippen LogP contribution in [0.2, 0.25) is 0 Å². The first-order valence-electron chi connectivity index (χ1n) is 7.37. The van der Waals surface area contributed by atoms with Gasteiger partial charge in [0.1, 0.15) is 11.6 Å². The average molecular weight is 360 g/mol. The van der Waals surface area contributed by atoms with Crippen molar-refractivity contribution in [3.8, 4) is 11.4 Å². The second-order valence-electron chi connectivity index (χ2n) is 5.19. The van der Waals surface area contributed by atoms with Crippen molar-refractivity contribution in [2.75, 3.05) is 11.1 Å². The number of carbonyl (C=O) groups is 1. The third-order valence-electron chi connectivity index (χ3n) is 3.40. The van der Waals surface area contributed by atoms with Crippen molar-refractivity contribution in [1.29, 1.82) is 0 Å². The summed E-state index contributed by atoms with van der Waals surface area (Å²) in [5.41, 5.74) is 0.726. The molecule has 0 unspecified atom stereocenters. The van der Waals surface area contributed by atoms with E-state index in [1.54, 1.807) is 11.6 Å². The molecule has 128 valence electrons. The van der Waals surface area contributed by atoms with Gasteiger partial charge in [0.25, 0.3) is 0 Å². The second-order valence-corrected chi connectivity index (χ2v) is 6.13. The van der Waals surface area contributed by atoms with Crippen LogP contribution in [-0.2, 0) is 11.8 Å². The number of nitrogens with one attached hydrogen (secondary N) is 1. The van der Waals surface area contributed by atoms with Crippen molar-refractivity contribution in [2.45, 2.75) is 5.16 Å². The number of anilines is 1. The molecule has 3 rings (SSSR count). The first-order chi connectivity index (χ1) is 12.0. The summed E-state index contributed by atoms with van der Waals surface area (Å²) in [6.07, 6.45) is 0. The molecule has 0 aliphatic rings. The summed E-state index contributed by atoms with van der Waals surface area (Å²) in [4.78, 5) is 12.0. The highest BCUT2D eigenvalue weighted by Gasteiger charge is 2.14. The molecular formula is C17H14F2N4OS. The lowest BCUT2D eigenvalue weighted by molar-refractivity contribution is -0.113. The molecule has 2 aromatic carbocycles. The fourth-order valence-corrected chi connectivity index (χ4v) is 2.90. The monoisotopic (exact) mass is 360 g/mol. The third kappa shape index (κ3) is 4.03. The fourth-order valence-electron chi connectivity index (χ4n) is 2.19. The fraction of sp³-hybridized carbons (Fsp3) is 0.118. The van der Waals surface area contributed by atoms with Gasteiger partial charge < -0.3 is 9.88 Å². The molecule has 8 heteroatoms. The third-order valence-corrected chi connectivity index (χ3v) is 4.42. The molecule has 0 aliphatic heterocycles. The minimum Gasteiger partial charge on any atom is -0.323 e. The molecule has 1 heterocycles. The Morgan fingerprint density at radius 1 is 1.16 bits per heavy atom. The van der Waals surface area contributed by atoms with E-state index in [-0.39, 0.29) is 11.4 Å². The SMILES string of the molecule is Cn1c(SCC(=O)Nc2cc(F)ccc2F)nnc1-c1ccccc1. The van der Waals surface area contributed by atoms with Crippen LogP contribution in [0.1, 0.15) is 0 Å². The van der Waals surface area contributed by atoms with Gasteiger partial charge in [-0.2, -0.15) is 0 Å². The van der Waals surface area contributed by atoms with Gasteiger partial charge in [-0.25, -0.2) is 8.78 Å². The van der Waals surface area contributed by atoms with Crippen molar-refractivity contribution in [2.24, 2.45) is 7.05 Å². The Balaban J connectivity index is 1.65. The van der Waals surface area contributed by atoms with Gasteiger partial charge in [-0.15, -0.1) is 10.2 Å². The van der Waals surface area contributed by atoms with Crippen LogP contribution >= 0.6 is 11.8 Å². The van der Waals surface area contributed by atoms with Gasteiger partial charge in [-0.05, 0) is 12.1 Å². The summed E-state index contributed by atoms with van der Waals surface area (Å²) in [6, 6.07) is 12.4. The standard InChI is InChI=1S/C17H14F2N4OS/c1-23-16(11-5-3-2-4-6-11)21-22-17(23)25-10-15(24)20-14-9-12(18)7-8-13(14)19/h2-9H,10H2,1H3,(H,20,24). The van der Waals surface area contributed by atoms with Crippen molar-refractivity contribution in [3.63, 3.8) is 0 Å². The zero-order valence-electron chi connectivity index (χ0n) is 13.2. The van der Waals surface area contributed by atoms with E-state index in [4.69, 9.17) is 0 Å². The molecular weight excluding hydrogens is 346 g/mol. The van der Waals surface area contributed by atoms with E-state index in [0.717, 1.165) is 35.5 Å². The van der Waals surface area contributed by atoms with Crippen LogP contribution < -0.4 is 5.32 Å². The van der Waals surface area contributed by atoms with Crippen molar-refractivity contribution >= 4 is 23.4 Å². The van der Waals surface area contributed by atoms with Crippen LogP contribution in [-0.4, -0.2) is 26.4 Å². The van der Waals surface area contributed by atoms with Crippen molar-refractivity contribution in [3.05, 3.63) is 60.2 Å². The molecule has 0 bridgehead atoms. The summed E-state index contributed by atoms with van der Waals surface area (Å²) in [7, 11) is 1.80. The van der Waals surface area contributed by atoms with Crippen LogP contribution in [0.5, 0.6) is 0 Å². The Kier molecular flexibility index (Phi) is 5.08. The van der Waals surface area contributed by atoms with Gasteiger partial charge in [-0.1, -0.05) is 42.1 Å². The lowest BCUT2D eigenvalue weighted by atomic mass is 10.2. The molecule has 5 nitrogen and oxygen atoms in total. The number of aromatic nitrogens is 3. The first kappa shape index (κ1) is 17.1. The normalized spacial score (nSPS) is 10.7. The van der Waals surface area contributed by atoms with E-state index in [0.29, 0.717) is 11.0 Å². The van der Waals surface area contributed by atoms with E-state index < -0.39 is 17.5 Å². The van der Waals surface area contributed by atoms with Crippen LogP contribution in [0.4, 0.5) is 14.5 Å². The number of halogens is 2. The Morgan fingerprint density at radius 3 is 2.68 bits per heavy atom. The Bertz CT molecular complexity index is 899. The maximum Gasteiger partial charge on any atom is 0.234 e. The molecule has 3 aromatic rings. The molecule has 1 N–H and O–H groups in total. The van der Waals surface area contributed by atoms with E-state index in [1.165, 1.54) is 0 Å². The summed E-state index contributed by atoms with van der Waals surface area (Å²) in [6.45, 7) is 0. The lowest BCUT2D eigenvalue weighted by Gasteiger charge is -2.06. The number of nitrogens with zero attached hydrogens (tertiary/aromatic N) is 3. The van der Waals surface area contributed by atoms with E-state index in [9.17, 15) is 13.6 Å². The molecule has 1 amide bonds. The number of carbonyl (C=O) groups excluding carboxylic acids is 1. The predicted molar refractivity (Wildman–Crippen MR) is 92.2 cm³/mol. The summed E-state index contributed by atoms with van der Waals surface area (Å²) in [5, 5.41) is 11.1. The highest BCUT2D eigenvalue weighted by molar-refractivity contribution is 7.99. The minimum absolute atomic E-state index is 0.00326. The smallest absolute Gasteiger partial charge is 0.234 e. The van der Waals surface area contributed by atoms with Gasteiger partial charge >= 0.3 is 0 Å². The molecule has 0 saturated heterocycles. The molecule has 1 aromatic heterocycles. The van der Waals surface area contributed by atoms with Crippen molar-refractivity contribution < 1.29 is 13.6 Å². The summed E-state index contributed by atoms with van der Waals surface area (Å²) in [5.74, 6) is -1.09. The number of hydrogen-bond donors (Lipinski definition) is 1. The Hall–Kier alpha value is -2.74. The average Bonchev–Trinajstić information content (AvgIpc) is 2.98. The highest BCUT2D eigenvalue weighted by atomic mass is 32.2. The Morgan fingerprint density at radius 2 is 1.92 bits per heavy atom. The topological polar surface area (TPSA) is 59.8 Å². The van der Waals surface area contributed by atoms with Crippen LogP contribution in [0.3, 0.4) is 0 Å². The zero-order chi connectivity index (χ0) is 17.8. The maximum atomic E-state index is 13.5. The molecule has 0 fully saturated rings. The predicted octanol–water partition coefficient (Wildman–Crippen LogP) is 3.49. The van der Waals surface area contributed by atoms with E-state index in [1.807, 2.05) is 30.3 Å². The van der Waals surface area contributed by atoms with Crippen LogP contribution in [0.15, 0.2) is 53.7 Å². The number of rotatable bonds is 5. The summed E-state index contributed by atoms with van der Waals surface area (Å²) >= 11 is 1.16. The van der Waals surface area contributed by atoms with Gasteiger partial charge in [0, 0.05) is 18.7 Å². The largest absolute Gasteiger partial charge is 0.323 e. The Labute approximate surface area is 147 Å². The second kappa shape index (κ2) is 7.43. The van der Waals surface area contributed by atoms with Gasteiger partial charge in [0.15, 0.2) is 11.0 Å². The minimum atomic E-state index is -0.690. The molecule has 0 spiro atoms. The molecule has 25 heavy (non-hydrogen) atoms. The maximum absolute atomic E-state index is 13.5. The zero-order valence-corrected chi connectivity index (χ0v) is 14.1. The number of benzene rings is 2. The number of thioether (sulfide) groups is 1. The molecule has 0 radical (unpaired) electrons. The molecule has 0 saturated carbocycles. The first-order valence-corrected chi connectivity index (χ1v) is 8.35. The summed E-state index contributed by atoms with van der Waals surface area (Å²) < 4.78 is 28.4. The quantitative estimate of drug-likeness (QED) is 0.708.